The number of nitrogens with zero attached hydrogens (tertiary/aromatic N) is 2. The number of benzene rings is 1. The lowest BCUT2D eigenvalue weighted by Gasteiger charge is -2.10. The van der Waals surface area contributed by atoms with Gasteiger partial charge in [0.25, 0.3) is 5.56 Å². The van der Waals surface area contributed by atoms with Crippen LogP contribution in [0.2, 0.25) is 0 Å². The summed E-state index contributed by atoms with van der Waals surface area (Å²) in [6.45, 7) is 0.185. The maximum absolute atomic E-state index is 12.1. The summed E-state index contributed by atoms with van der Waals surface area (Å²) < 4.78 is 12.0. The zero-order valence-corrected chi connectivity index (χ0v) is 14.7. The number of aryl methyl sites for hydroxylation is 2. The number of esters is 1. The van der Waals surface area contributed by atoms with Crippen LogP contribution >= 0.6 is 0 Å². The molecule has 0 aliphatic heterocycles. The number of hydrogen-bond acceptors (Lipinski definition) is 6. The Kier molecular flexibility index (Phi) is 4.62. The Labute approximate surface area is 153 Å². The standard InChI is InChI=1S/C19H19N3O5/c23-17(26-11-14-12-5-2-4-8-16(12)27-21-14)9-10-22-15-7-3-1-6-13(15)18(24)20-19(22)25/h1,3,6-7H,2,4-5,8-11H2,(H,20,24,25). The molecule has 0 amide bonds. The molecule has 8 heteroatoms. The van der Waals surface area contributed by atoms with Crippen molar-refractivity contribution in [2.24, 2.45) is 0 Å². The van der Waals surface area contributed by atoms with E-state index < -0.39 is 17.2 Å². The molecule has 1 aliphatic rings. The van der Waals surface area contributed by atoms with E-state index in [1.165, 1.54) is 4.57 Å². The molecule has 0 bridgehead atoms. The second-order valence-electron chi connectivity index (χ2n) is 6.58. The van der Waals surface area contributed by atoms with Crippen molar-refractivity contribution in [3.63, 3.8) is 0 Å². The lowest BCUT2D eigenvalue weighted by molar-refractivity contribution is -0.145. The van der Waals surface area contributed by atoms with Gasteiger partial charge >= 0.3 is 11.7 Å². The number of aromatic amines is 1. The average Bonchev–Trinajstić information content (AvgIpc) is 3.09. The smallest absolute Gasteiger partial charge is 0.328 e. The van der Waals surface area contributed by atoms with Crippen LogP contribution in [0.25, 0.3) is 10.9 Å². The van der Waals surface area contributed by atoms with Crippen molar-refractivity contribution in [1.29, 1.82) is 0 Å². The molecule has 4 rings (SSSR count). The Bertz CT molecular complexity index is 1110. The fourth-order valence-corrected chi connectivity index (χ4v) is 3.45. The highest BCUT2D eigenvalue weighted by molar-refractivity contribution is 5.78. The highest BCUT2D eigenvalue weighted by atomic mass is 16.5. The van der Waals surface area contributed by atoms with E-state index in [1.807, 2.05) is 0 Å². The molecule has 1 aromatic carbocycles. The number of H-pyrrole nitrogens is 1. The van der Waals surface area contributed by atoms with Crippen LogP contribution in [0.4, 0.5) is 0 Å². The third-order valence-electron chi connectivity index (χ3n) is 4.85. The van der Waals surface area contributed by atoms with E-state index in [9.17, 15) is 14.4 Å². The highest BCUT2D eigenvalue weighted by Gasteiger charge is 2.20. The van der Waals surface area contributed by atoms with Crippen LogP contribution in [0, 0.1) is 0 Å². The van der Waals surface area contributed by atoms with Gasteiger partial charge in [-0.15, -0.1) is 0 Å². The van der Waals surface area contributed by atoms with Gasteiger partial charge in [-0.2, -0.15) is 0 Å². The maximum atomic E-state index is 12.1. The zero-order chi connectivity index (χ0) is 18.8. The minimum Gasteiger partial charge on any atom is -0.459 e. The molecular formula is C19H19N3O5. The first-order valence-electron chi connectivity index (χ1n) is 8.97. The van der Waals surface area contributed by atoms with E-state index in [2.05, 4.69) is 10.1 Å². The van der Waals surface area contributed by atoms with E-state index in [4.69, 9.17) is 9.26 Å². The first-order chi connectivity index (χ1) is 13.1. The van der Waals surface area contributed by atoms with E-state index in [-0.39, 0.29) is 19.6 Å². The van der Waals surface area contributed by atoms with E-state index >= 15 is 0 Å². The molecule has 8 nitrogen and oxygen atoms in total. The van der Waals surface area contributed by atoms with Gasteiger partial charge in [-0.1, -0.05) is 17.3 Å². The molecule has 140 valence electrons. The lowest BCUT2D eigenvalue weighted by atomic mass is 9.97. The highest BCUT2D eigenvalue weighted by Crippen LogP contribution is 2.24. The predicted molar refractivity (Wildman–Crippen MR) is 96.4 cm³/mol. The van der Waals surface area contributed by atoms with Gasteiger partial charge in [-0.25, -0.2) is 4.79 Å². The summed E-state index contributed by atoms with van der Waals surface area (Å²) in [5.74, 6) is 0.448. The molecule has 0 atom stereocenters. The SMILES string of the molecule is O=C(CCn1c(=O)[nH]c(=O)c2ccccc21)OCc1noc2c1CCCC2. The molecule has 1 aliphatic carbocycles. The Balaban J connectivity index is 1.43. The normalized spacial score (nSPS) is 13.5. The summed E-state index contributed by atoms with van der Waals surface area (Å²) >= 11 is 0. The van der Waals surface area contributed by atoms with Crippen molar-refractivity contribution in [1.82, 2.24) is 14.7 Å². The van der Waals surface area contributed by atoms with Crippen LogP contribution in [-0.2, 0) is 35.5 Å². The van der Waals surface area contributed by atoms with Gasteiger partial charge in [-0.3, -0.25) is 19.1 Å². The lowest BCUT2D eigenvalue weighted by Crippen LogP contribution is -2.31. The average molecular weight is 369 g/mol. The van der Waals surface area contributed by atoms with E-state index in [0.717, 1.165) is 37.0 Å². The van der Waals surface area contributed by atoms with Gasteiger partial charge in [-0.05, 0) is 31.4 Å². The maximum Gasteiger partial charge on any atom is 0.328 e. The number of carbonyl (C=O) groups is 1. The first-order valence-corrected chi connectivity index (χ1v) is 8.97. The van der Waals surface area contributed by atoms with E-state index in [1.54, 1.807) is 24.3 Å². The number of aromatic nitrogens is 3. The van der Waals surface area contributed by atoms with Crippen LogP contribution in [0.15, 0.2) is 38.4 Å². The van der Waals surface area contributed by atoms with Crippen LogP contribution in [-0.4, -0.2) is 20.7 Å². The van der Waals surface area contributed by atoms with Gasteiger partial charge < -0.3 is 9.26 Å². The van der Waals surface area contributed by atoms with Crippen LogP contribution in [0.1, 0.15) is 36.3 Å². The fraction of sp³-hybridized carbons (Fsp3) is 0.368. The Morgan fingerprint density at radius 2 is 2.04 bits per heavy atom. The third kappa shape index (κ3) is 3.42. The summed E-state index contributed by atoms with van der Waals surface area (Å²) in [5, 5.41) is 4.41. The van der Waals surface area contributed by atoms with Crippen molar-refractivity contribution >= 4 is 16.9 Å². The monoisotopic (exact) mass is 369 g/mol. The van der Waals surface area contributed by atoms with Crippen molar-refractivity contribution in [2.45, 2.75) is 45.3 Å². The molecule has 0 spiro atoms. The van der Waals surface area contributed by atoms with Gasteiger partial charge in [0.1, 0.15) is 18.1 Å². The second kappa shape index (κ2) is 7.22. The number of fused-ring (bicyclic) bond motifs is 2. The number of hydrogen-bond donors (Lipinski definition) is 1. The third-order valence-corrected chi connectivity index (χ3v) is 4.85. The van der Waals surface area contributed by atoms with Gasteiger partial charge in [0.2, 0.25) is 0 Å². The molecule has 3 aromatic rings. The molecule has 1 N–H and O–H groups in total. The number of para-hydroxylation sites is 1. The summed E-state index contributed by atoms with van der Waals surface area (Å²) in [6, 6.07) is 6.78. The van der Waals surface area contributed by atoms with Crippen LogP contribution in [0.3, 0.4) is 0 Å². The number of nitrogens with one attached hydrogen (secondary N) is 1. The molecular weight excluding hydrogens is 350 g/mol. The van der Waals surface area contributed by atoms with Crippen LogP contribution in [0.5, 0.6) is 0 Å². The van der Waals surface area contributed by atoms with Crippen LogP contribution < -0.4 is 11.2 Å². The summed E-state index contributed by atoms with van der Waals surface area (Å²) in [6.07, 6.45) is 3.94. The minimum atomic E-state index is -0.544. The molecule has 0 radical (unpaired) electrons. The molecule has 0 saturated heterocycles. The molecule has 2 aromatic heterocycles. The Morgan fingerprint density at radius 3 is 2.93 bits per heavy atom. The fourth-order valence-electron chi connectivity index (χ4n) is 3.45. The van der Waals surface area contributed by atoms with Crippen molar-refractivity contribution in [3.05, 3.63) is 62.1 Å². The molecule has 0 saturated carbocycles. The van der Waals surface area contributed by atoms with Gasteiger partial charge in [0, 0.05) is 18.5 Å². The first kappa shape index (κ1) is 17.3. The topological polar surface area (TPSA) is 107 Å². The zero-order valence-electron chi connectivity index (χ0n) is 14.7. The Morgan fingerprint density at radius 1 is 1.22 bits per heavy atom. The van der Waals surface area contributed by atoms with Crippen molar-refractivity contribution < 1.29 is 14.1 Å². The summed E-state index contributed by atoms with van der Waals surface area (Å²) in [5.41, 5.74) is 1.23. The number of rotatable bonds is 5. The van der Waals surface area contributed by atoms with Gasteiger partial charge in [0.05, 0.1) is 17.3 Å². The van der Waals surface area contributed by atoms with Gasteiger partial charge in [0.15, 0.2) is 0 Å². The summed E-state index contributed by atoms with van der Waals surface area (Å²) in [4.78, 5) is 38.4. The van der Waals surface area contributed by atoms with Crippen molar-refractivity contribution in [3.8, 4) is 0 Å². The number of ether oxygens (including phenoxy) is 1. The molecule has 27 heavy (non-hydrogen) atoms. The quantitative estimate of drug-likeness (QED) is 0.686. The second-order valence-corrected chi connectivity index (χ2v) is 6.58. The number of carbonyl (C=O) groups excluding carboxylic acids is 1. The predicted octanol–water partition coefficient (Wildman–Crippen LogP) is 1.69. The largest absolute Gasteiger partial charge is 0.459 e. The van der Waals surface area contributed by atoms with Crippen molar-refractivity contribution in [2.75, 3.05) is 0 Å². The molecule has 0 unspecified atom stereocenters. The Hall–Kier alpha value is -3.16. The minimum absolute atomic E-state index is 0.00991. The molecule has 0 fully saturated rings. The molecule has 2 heterocycles. The summed E-state index contributed by atoms with van der Waals surface area (Å²) in [7, 11) is 0. The van der Waals surface area contributed by atoms with E-state index in [0.29, 0.717) is 16.6 Å².